The fourth-order valence-electron chi connectivity index (χ4n) is 4.54. The number of nitrogens with zero attached hydrogens (tertiary/aromatic N) is 3. The van der Waals surface area contributed by atoms with Gasteiger partial charge in [-0.15, -0.1) is 0 Å². The Hall–Kier alpha value is -3.41. The molecule has 4 heterocycles. The van der Waals surface area contributed by atoms with Gasteiger partial charge in [-0.05, 0) is 49.1 Å². The molecule has 1 unspecified atom stereocenters. The Morgan fingerprint density at radius 3 is 2.86 bits per heavy atom. The first-order valence-electron chi connectivity index (χ1n) is 10.0. The molecule has 2 aliphatic heterocycles. The maximum absolute atomic E-state index is 12.0. The Bertz CT molecular complexity index is 1120. The fourth-order valence-corrected chi connectivity index (χ4v) is 4.54. The molecule has 6 nitrogen and oxygen atoms in total. The average molecular weight is 385 g/mol. The van der Waals surface area contributed by atoms with Gasteiger partial charge in [-0.25, -0.2) is 0 Å². The molecule has 0 spiro atoms. The van der Waals surface area contributed by atoms with E-state index in [1.54, 1.807) is 12.3 Å². The van der Waals surface area contributed by atoms with Crippen molar-refractivity contribution >= 4 is 28.2 Å². The Morgan fingerprint density at radius 1 is 1.17 bits per heavy atom. The van der Waals surface area contributed by atoms with Gasteiger partial charge in [-0.3, -0.25) is 14.8 Å². The number of carbonyl (C=O) groups excluding carboxylic acids is 1. The van der Waals surface area contributed by atoms with Gasteiger partial charge in [0.2, 0.25) is 5.91 Å². The third-order valence-electron chi connectivity index (χ3n) is 5.95. The summed E-state index contributed by atoms with van der Waals surface area (Å²) in [5.74, 6) is 0.0887. The molecule has 146 valence electrons. The molecule has 0 radical (unpaired) electrons. The van der Waals surface area contributed by atoms with E-state index in [1.165, 1.54) is 6.42 Å². The number of pyridine rings is 2. The number of hydrogen-bond acceptors (Lipinski definition) is 5. The standard InChI is InChI=1S/C23H23N5O/c1-14-5-4-12-28-21(20(27-23(14)28)19-6-2-3-10-25-19)15-7-8-18-17(13-15)16(22(24)29)9-11-26-18/h2-3,6-11,13-14,23,27H,4-5,12H2,1H3,(H2,24,29)/t14-,23?/m0/s1. The predicted octanol–water partition coefficient (Wildman–Crippen LogP) is 3.22. The van der Waals surface area contributed by atoms with Crippen molar-refractivity contribution in [3.8, 4) is 0 Å². The maximum Gasteiger partial charge on any atom is 0.249 e. The molecule has 1 fully saturated rings. The highest BCUT2D eigenvalue weighted by atomic mass is 16.1. The summed E-state index contributed by atoms with van der Waals surface area (Å²) in [7, 11) is 0. The first-order chi connectivity index (χ1) is 14.1. The zero-order chi connectivity index (χ0) is 20.0. The van der Waals surface area contributed by atoms with Gasteiger partial charge in [0.15, 0.2) is 0 Å². The Morgan fingerprint density at radius 2 is 2.07 bits per heavy atom. The molecule has 3 N–H and O–H groups in total. The second kappa shape index (κ2) is 6.88. The number of fused-ring (bicyclic) bond motifs is 2. The van der Waals surface area contributed by atoms with Crippen LogP contribution in [0.5, 0.6) is 0 Å². The van der Waals surface area contributed by atoms with Crippen molar-refractivity contribution in [1.29, 1.82) is 0 Å². The summed E-state index contributed by atoms with van der Waals surface area (Å²) in [6.45, 7) is 3.28. The summed E-state index contributed by atoms with van der Waals surface area (Å²) in [6.07, 6.45) is 6.04. The number of piperidine rings is 1. The molecule has 0 saturated carbocycles. The van der Waals surface area contributed by atoms with Crippen LogP contribution in [0.2, 0.25) is 0 Å². The van der Waals surface area contributed by atoms with Crippen LogP contribution >= 0.6 is 0 Å². The van der Waals surface area contributed by atoms with Gasteiger partial charge < -0.3 is 16.0 Å². The fraction of sp³-hybridized carbons (Fsp3) is 0.261. The second-order valence-corrected chi connectivity index (χ2v) is 7.80. The molecule has 1 aromatic carbocycles. The summed E-state index contributed by atoms with van der Waals surface area (Å²) in [6, 6.07) is 13.7. The largest absolute Gasteiger partial charge is 0.366 e. The van der Waals surface area contributed by atoms with Gasteiger partial charge in [0.25, 0.3) is 0 Å². The number of hydrogen-bond donors (Lipinski definition) is 2. The molecule has 2 atom stereocenters. The highest BCUT2D eigenvalue weighted by molar-refractivity contribution is 6.06. The van der Waals surface area contributed by atoms with E-state index < -0.39 is 5.91 Å². The first-order valence-corrected chi connectivity index (χ1v) is 10.0. The van der Waals surface area contributed by atoms with Crippen molar-refractivity contribution in [3.05, 3.63) is 71.7 Å². The van der Waals surface area contributed by atoms with Crippen LogP contribution in [0.25, 0.3) is 22.3 Å². The number of carbonyl (C=O) groups is 1. The van der Waals surface area contributed by atoms with E-state index in [-0.39, 0.29) is 6.17 Å². The quantitative estimate of drug-likeness (QED) is 0.723. The van der Waals surface area contributed by atoms with Crippen molar-refractivity contribution in [2.75, 3.05) is 6.54 Å². The molecule has 29 heavy (non-hydrogen) atoms. The van der Waals surface area contributed by atoms with Crippen LogP contribution in [-0.2, 0) is 0 Å². The highest BCUT2D eigenvalue weighted by Crippen LogP contribution is 2.40. The Labute approximate surface area is 169 Å². The number of nitrogens with two attached hydrogens (primary N) is 1. The smallest absolute Gasteiger partial charge is 0.249 e. The topological polar surface area (TPSA) is 84.1 Å². The van der Waals surface area contributed by atoms with Gasteiger partial charge in [0.1, 0.15) is 6.17 Å². The van der Waals surface area contributed by atoms with E-state index in [0.29, 0.717) is 11.5 Å². The first kappa shape index (κ1) is 17.7. The molecule has 1 saturated heterocycles. The van der Waals surface area contributed by atoms with Crippen molar-refractivity contribution < 1.29 is 4.79 Å². The van der Waals surface area contributed by atoms with Gasteiger partial charge in [0, 0.05) is 29.9 Å². The lowest BCUT2D eigenvalue weighted by Gasteiger charge is -2.37. The Kier molecular flexibility index (Phi) is 4.19. The zero-order valence-electron chi connectivity index (χ0n) is 16.3. The Balaban J connectivity index is 1.72. The average Bonchev–Trinajstić information content (AvgIpc) is 3.14. The number of primary amides is 1. The van der Waals surface area contributed by atoms with Crippen molar-refractivity contribution in [2.45, 2.75) is 25.9 Å². The number of benzene rings is 1. The van der Waals surface area contributed by atoms with E-state index in [4.69, 9.17) is 5.73 Å². The summed E-state index contributed by atoms with van der Waals surface area (Å²) in [4.78, 5) is 23.4. The lowest BCUT2D eigenvalue weighted by atomic mass is 9.95. The number of amides is 1. The van der Waals surface area contributed by atoms with Crippen LogP contribution < -0.4 is 11.1 Å². The lowest BCUT2D eigenvalue weighted by molar-refractivity contribution is 0.100. The van der Waals surface area contributed by atoms with Gasteiger partial charge in [-0.1, -0.05) is 19.1 Å². The van der Waals surface area contributed by atoms with E-state index in [0.717, 1.165) is 46.5 Å². The van der Waals surface area contributed by atoms with Gasteiger partial charge in [0.05, 0.1) is 28.2 Å². The molecule has 1 amide bonds. The zero-order valence-corrected chi connectivity index (χ0v) is 16.3. The third kappa shape index (κ3) is 2.92. The minimum Gasteiger partial charge on any atom is -0.366 e. The summed E-state index contributed by atoms with van der Waals surface area (Å²) in [5.41, 5.74) is 11.0. The van der Waals surface area contributed by atoms with Crippen molar-refractivity contribution in [3.63, 3.8) is 0 Å². The molecule has 5 rings (SSSR count). The maximum atomic E-state index is 12.0. The van der Waals surface area contributed by atoms with Crippen LogP contribution in [0, 0.1) is 5.92 Å². The van der Waals surface area contributed by atoms with Crippen LogP contribution in [0.15, 0.2) is 54.9 Å². The van der Waals surface area contributed by atoms with Crippen LogP contribution in [0.4, 0.5) is 0 Å². The number of rotatable bonds is 3. The van der Waals surface area contributed by atoms with E-state index >= 15 is 0 Å². The molecular formula is C23H23N5O. The van der Waals surface area contributed by atoms with Crippen molar-refractivity contribution in [2.24, 2.45) is 11.7 Å². The normalized spacial score (nSPS) is 21.2. The summed E-state index contributed by atoms with van der Waals surface area (Å²) < 4.78 is 0. The molecule has 0 bridgehead atoms. The van der Waals surface area contributed by atoms with Crippen molar-refractivity contribution in [1.82, 2.24) is 20.2 Å². The van der Waals surface area contributed by atoms with Crippen LogP contribution in [0.1, 0.15) is 41.4 Å². The van der Waals surface area contributed by atoms with Crippen LogP contribution in [0.3, 0.4) is 0 Å². The second-order valence-electron chi connectivity index (χ2n) is 7.80. The van der Waals surface area contributed by atoms with Gasteiger partial charge >= 0.3 is 0 Å². The van der Waals surface area contributed by atoms with Gasteiger partial charge in [-0.2, -0.15) is 0 Å². The third-order valence-corrected chi connectivity index (χ3v) is 5.95. The molecule has 3 aromatic rings. The number of aromatic nitrogens is 2. The minimum atomic E-state index is -0.442. The monoisotopic (exact) mass is 385 g/mol. The minimum absolute atomic E-state index is 0.246. The summed E-state index contributed by atoms with van der Waals surface area (Å²) >= 11 is 0. The van der Waals surface area contributed by atoms with E-state index in [9.17, 15) is 4.79 Å². The SMILES string of the molecule is C[C@H]1CCCN2C(c3ccc4nccc(C(N)=O)c4c3)=C(c3ccccn3)NC12. The number of nitrogens with one attached hydrogen (secondary N) is 1. The molecule has 6 heteroatoms. The molecule has 2 aromatic heterocycles. The lowest BCUT2D eigenvalue weighted by Crippen LogP contribution is -2.45. The molecular weight excluding hydrogens is 362 g/mol. The van der Waals surface area contributed by atoms with Crippen LogP contribution in [-0.4, -0.2) is 33.5 Å². The molecule has 2 aliphatic rings. The summed E-state index contributed by atoms with van der Waals surface area (Å²) in [5, 5.41) is 4.51. The van der Waals surface area contributed by atoms with E-state index in [1.807, 2.05) is 36.5 Å². The predicted molar refractivity (Wildman–Crippen MR) is 113 cm³/mol. The molecule has 0 aliphatic carbocycles. The van der Waals surface area contributed by atoms with E-state index in [2.05, 4.69) is 33.2 Å². The highest BCUT2D eigenvalue weighted by Gasteiger charge is 2.38.